The normalized spacial score (nSPS) is 17.0. The quantitative estimate of drug-likeness (QED) is 0.741. The fraction of sp³-hybridized carbons (Fsp3) is 0.500. The smallest absolute Gasteiger partial charge is 0.254 e. The maximum absolute atomic E-state index is 13.1. The summed E-state index contributed by atoms with van der Waals surface area (Å²) >= 11 is 2.02. The van der Waals surface area contributed by atoms with Gasteiger partial charge in [-0.3, -0.25) is 4.79 Å². The van der Waals surface area contributed by atoms with Gasteiger partial charge in [0.15, 0.2) is 0 Å². The van der Waals surface area contributed by atoms with E-state index in [0.717, 1.165) is 25.9 Å². The molecule has 1 fully saturated rings. The van der Waals surface area contributed by atoms with E-state index in [2.05, 4.69) is 19.0 Å². The molecule has 1 saturated heterocycles. The number of piperidine rings is 1. The van der Waals surface area contributed by atoms with Crippen molar-refractivity contribution >= 4 is 28.5 Å². The molecule has 5 heteroatoms. The third-order valence-corrected chi connectivity index (χ3v) is 4.54. The zero-order chi connectivity index (χ0) is 14.0. The van der Waals surface area contributed by atoms with E-state index in [4.69, 9.17) is 0 Å². The average molecular weight is 376 g/mol. The van der Waals surface area contributed by atoms with Gasteiger partial charge in [-0.15, -0.1) is 0 Å². The highest BCUT2D eigenvalue weighted by Crippen LogP contribution is 2.20. The molecule has 1 aliphatic rings. The van der Waals surface area contributed by atoms with Crippen LogP contribution in [0.15, 0.2) is 18.2 Å². The first-order chi connectivity index (χ1) is 8.99. The molecule has 104 valence electrons. The van der Waals surface area contributed by atoms with Gasteiger partial charge in [0, 0.05) is 22.7 Å². The molecule has 1 aliphatic heterocycles. The van der Waals surface area contributed by atoms with Crippen molar-refractivity contribution in [3.05, 3.63) is 33.1 Å². The molecule has 2 rings (SSSR count). The molecular weight excluding hydrogens is 358 g/mol. The van der Waals surface area contributed by atoms with E-state index in [9.17, 15) is 9.18 Å². The summed E-state index contributed by atoms with van der Waals surface area (Å²) in [5.41, 5.74) is 0.602. The number of likely N-dealkylation sites (tertiary alicyclic amines) is 1. The number of nitrogens with zero attached hydrogens (tertiary/aromatic N) is 2. The number of hydrogen-bond acceptors (Lipinski definition) is 2. The second-order valence-corrected chi connectivity index (χ2v) is 6.27. The molecule has 0 atom stereocenters. The number of rotatable bonds is 2. The first-order valence-electron chi connectivity index (χ1n) is 6.40. The van der Waals surface area contributed by atoms with Gasteiger partial charge in [-0.25, -0.2) is 4.39 Å². The highest BCUT2D eigenvalue weighted by molar-refractivity contribution is 14.1. The molecule has 1 heterocycles. The molecule has 0 radical (unpaired) electrons. The predicted octanol–water partition coefficient (Wildman–Crippen LogP) is 2.60. The van der Waals surface area contributed by atoms with E-state index in [0.29, 0.717) is 15.2 Å². The average Bonchev–Trinajstić information content (AvgIpc) is 2.38. The number of carbonyl (C=O) groups excluding carboxylic acids is 1. The molecule has 19 heavy (non-hydrogen) atoms. The lowest BCUT2D eigenvalue weighted by Gasteiger charge is -2.35. The fourth-order valence-corrected chi connectivity index (χ4v) is 3.13. The summed E-state index contributed by atoms with van der Waals surface area (Å²) < 4.78 is 13.7. The van der Waals surface area contributed by atoms with E-state index >= 15 is 0 Å². The minimum absolute atomic E-state index is 0.0154. The summed E-state index contributed by atoms with van der Waals surface area (Å²) in [4.78, 5) is 16.5. The molecule has 0 bridgehead atoms. The fourth-order valence-electron chi connectivity index (χ4n) is 2.42. The summed E-state index contributed by atoms with van der Waals surface area (Å²) in [6.45, 7) is 1.55. The van der Waals surface area contributed by atoms with Crippen LogP contribution >= 0.6 is 22.6 Å². The van der Waals surface area contributed by atoms with Crippen LogP contribution in [0.5, 0.6) is 0 Å². The van der Waals surface area contributed by atoms with Gasteiger partial charge in [-0.2, -0.15) is 0 Å². The zero-order valence-electron chi connectivity index (χ0n) is 11.2. The van der Waals surface area contributed by atoms with Gasteiger partial charge in [-0.05, 0) is 67.7 Å². The largest absolute Gasteiger partial charge is 0.338 e. The lowest BCUT2D eigenvalue weighted by Crippen LogP contribution is -2.44. The van der Waals surface area contributed by atoms with Crippen LogP contribution in [0.1, 0.15) is 23.2 Å². The summed E-state index contributed by atoms with van der Waals surface area (Å²) in [7, 11) is 4.15. The second kappa shape index (κ2) is 6.17. The van der Waals surface area contributed by atoms with Crippen LogP contribution in [0.25, 0.3) is 0 Å². The van der Waals surface area contributed by atoms with Crippen molar-refractivity contribution in [2.75, 3.05) is 27.2 Å². The molecule has 1 amide bonds. The lowest BCUT2D eigenvalue weighted by atomic mass is 10.0. The Morgan fingerprint density at radius 2 is 2.00 bits per heavy atom. The zero-order valence-corrected chi connectivity index (χ0v) is 13.4. The van der Waals surface area contributed by atoms with Crippen LogP contribution in [0.2, 0.25) is 0 Å². The van der Waals surface area contributed by atoms with Crippen molar-refractivity contribution in [1.82, 2.24) is 9.80 Å². The van der Waals surface area contributed by atoms with Crippen molar-refractivity contribution in [3.8, 4) is 0 Å². The summed E-state index contributed by atoms with van der Waals surface area (Å²) in [6.07, 6.45) is 1.99. The molecule has 0 aliphatic carbocycles. The number of halogens is 2. The molecule has 1 aromatic carbocycles. The number of amides is 1. The van der Waals surface area contributed by atoms with Gasteiger partial charge in [0.2, 0.25) is 0 Å². The van der Waals surface area contributed by atoms with Gasteiger partial charge < -0.3 is 9.80 Å². The summed E-state index contributed by atoms with van der Waals surface area (Å²) in [5, 5.41) is 0. The Morgan fingerprint density at radius 3 is 2.53 bits per heavy atom. The number of hydrogen-bond donors (Lipinski definition) is 0. The minimum Gasteiger partial charge on any atom is -0.338 e. The van der Waals surface area contributed by atoms with Gasteiger partial charge in [-0.1, -0.05) is 0 Å². The number of benzene rings is 1. The van der Waals surface area contributed by atoms with Crippen LogP contribution in [0.4, 0.5) is 4.39 Å². The third kappa shape index (κ3) is 3.45. The molecule has 0 N–H and O–H groups in total. The molecule has 3 nitrogen and oxygen atoms in total. The van der Waals surface area contributed by atoms with E-state index in [1.807, 2.05) is 27.5 Å². The van der Waals surface area contributed by atoms with E-state index in [1.54, 1.807) is 6.07 Å². The van der Waals surface area contributed by atoms with Crippen LogP contribution in [-0.4, -0.2) is 48.9 Å². The van der Waals surface area contributed by atoms with Crippen LogP contribution in [-0.2, 0) is 0 Å². The van der Waals surface area contributed by atoms with Crippen molar-refractivity contribution < 1.29 is 9.18 Å². The van der Waals surface area contributed by atoms with Gasteiger partial charge in [0.05, 0.1) is 5.56 Å². The Morgan fingerprint density at radius 1 is 1.37 bits per heavy atom. The van der Waals surface area contributed by atoms with E-state index < -0.39 is 0 Å². The van der Waals surface area contributed by atoms with E-state index in [-0.39, 0.29) is 11.7 Å². The van der Waals surface area contributed by atoms with Gasteiger partial charge >= 0.3 is 0 Å². The van der Waals surface area contributed by atoms with Gasteiger partial charge in [0.25, 0.3) is 5.91 Å². The highest BCUT2D eigenvalue weighted by atomic mass is 127. The standard InChI is InChI=1S/C14H18FIN2O/c1-17(2)11-5-7-18(8-6-11)14(19)12-4-3-10(15)9-13(12)16/h3-4,9,11H,5-8H2,1-2H3. The maximum atomic E-state index is 13.1. The predicted molar refractivity (Wildman–Crippen MR) is 81.7 cm³/mol. The second-order valence-electron chi connectivity index (χ2n) is 5.11. The Bertz CT molecular complexity index is 471. The molecular formula is C14H18FIN2O. The Labute approximate surface area is 126 Å². The first-order valence-corrected chi connectivity index (χ1v) is 7.47. The Kier molecular flexibility index (Phi) is 4.78. The lowest BCUT2D eigenvalue weighted by molar-refractivity contribution is 0.0662. The van der Waals surface area contributed by atoms with Crippen molar-refractivity contribution in [2.45, 2.75) is 18.9 Å². The van der Waals surface area contributed by atoms with Crippen molar-refractivity contribution in [1.29, 1.82) is 0 Å². The maximum Gasteiger partial charge on any atom is 0.254 e. The molecule has 0 spiro atoms. The van der Waals surface area contributed by atoms with Gasteiger partial charge in [0.1, 0.15) is 5.82 Å². The summed E-state index contributed by atoms with van der Waals surface area (Å²) in [5.74, 6) is -0.283. The Hall–Kier alpha value is -0.690. The molecule has 0 saturated carbocycles. The minimum atomic E-state index is -0.299. The van der Waals surface area contributed by atoms with Crippen molar-refractivity contribution in [3.63, 3.8) is 0 Å². The highest BCUT2D eigenvalue weighted by Gasteiger charge is 2.25. The van der Waals surface area contributed by atoms with E-state index in [1.165, 1.54) is 12.1 Å². The van der Waals surface area contributed by atoms with Crippen molar-refractivity contribution in [2.24, 2.45) is 0 Å². The van der Waals surface area contributed by atoms with Crippen LogP contribution < -0.4 is 0 Å². The van der Waals surface area contributed by atoms with Crippen LogP contribution in [0.3, 0.4) is 0 Å². The topological polar surface area (TPSA) is 23.6 Å². The molecule has 0 unspecified atom stereocenters. The Balaban J connectivity index is 2.05. The monoisotopic (exact) mass is 376 g/mol. The van der Waals surface area contributed by atoms with Crippen LogP contribution in [0, 0.1) is 9.39 Å². The molecule has 0 aromatic heterocycles. The molecule has 1 aromatic rings. The SMILES string of the molecule is CN(C)C1CCN(C(=O)c2ccc(F)cc2I)CC1. The first kappa shape index (κ1) is 14.7. The summed E-state index contributed by atoms with van der Waals surface area (Å²) in [6, 6.07) is 4.89. The third-order valence-electron chi connectivity index (χ3n) is 3.64. The number of carbonyl (C=O) groups is 1.